The average molecular weight is 371 g/mol. The first kappa shape index (κ1) is 10.5. The van der Waals surface area contributed by atoms with E-state index in [0.717, 1.165) is 3.93 Å². The van der Waals surface area contributed by atoms with E-state index in [1.54, 1.807) is 7.11 Å². The Morgan fingerprint density at radius 3 is 2.58 bits per heavy atom. The SMILES string of the molecule is COCc1ccccc1[CH2][Hg][Cl]. The molecule has 1 aromatic rings. The van der Waals surface area contributed by atoms with Crippen molar-refractivity contribution in [3.63, 3.8) is 0 Å². The van der Waals surface area contributed by atoms with Crippen LogP contribution in [0.25, 0.3) is 0 Å². The molecular formula is C9H11ClHgO. The standard InChI is InChI=1S/C9H11O.ClH.Hg/c1-8-5-3-4-6-9(8)7-10-2;;/h3-6H,1,7H2,2H3;1H;/q;;+1/p-1. The number of halogens is 1. The van der Waals surface area contributed by atoms with Crippen LogP contribution in [-0.2, 0) is 38.6 Å². The molecular weight excluding hydrogens is 360 g/mol. The monoisotopic (exact) mass is 372 g/mol. The summed E-state index contributed by atoms with van der Waals surface area (Å²) in [5.74, 6) is 0. The summed E-state index contributed by atoms with van der Waals surface area (Å²) < 4.78 is 6.24. The fourth-order valence-corrected chi connectivity index (χ4v) is 5.67. The van der Waals surface area contributed by atoms with Gasteiger partial charge in [0.25, 0.3) is 0 Å². The van der Waals surface area contributed by atoms with Crippen molar-refractivity contribution in [3.8, 4) is 0 Å². The zero-order valence-electron chi connectivity index (χ0n) is 7.22. The van der Waals surface area contributed by atoms with Crippen molar-refractivity contribution in [2.75, 3.05) is 7.11 Å². The van der Waals surface area contributed by atoms with Crippen LogP contribution in [0.5, 0.6) is 0 Å². The minimum atomic E-state index is -1.05. The van der Waals surface area contributed by atoms with Crippen molar-refractivity contribution in [1.82, 2.24) is 0 Å². The average Bonchev–Trinajstić information content (AvgIpc) is 2.09. The molecule has 0 saturated carbocycles. The molecule has 12 heavy (non-hydrogen) atoms. The van der Waals surface area contributed by atoms with E-state index in [4.69, 9.17) is 13.0 Å². The number of benzene rings is 1. The second kappa shape index (κ2) is 5.95. The molecule has 0 heterocycles. The third-order valence-corrected chi connectivity index (χ3v) is 6.27. The van der Waals surface area contributed by atoms with Crippen LogP contribution in [-0.4, -0.2) is 7.11 Å². The maximum atomic E-state index is 5.89. The van der Waals surface area contributed by atoms with Crippen molar-refractivity contribution in [2.45, 2.75) is 10.5 Å². The molecule has 0 aliphatic carbocycles. The topological polar surface area (TPSA) is 9.23 Å². The first-order valence-corrected chi connectivity index (χ1v) is 14.7. The van der Waals surface area contributed by atoms with Crippen molar-refractivity contribution >= 4 is 8.25 Å². The van der Waals surface area contributed by atoms with E-state index in [9.17, 15) is 0 Å². The van der Waals surface area contributed by atoms with Crippen LogP contribution in [0.4, 0.5) is 0 Å². The number of hydrogen-bond acceptors (Lipinski definition) is 1. The molecule has 0 aromatic heterocycles. The second-order valence-electron chi connectivity index (χ2n) is 2.64. The Hall–Kier alpha value is 0.405. The minimum absolute atomic E-state index is 0.709. The molecule has 62 valence electrons. The van der Waals surface area contributed by atoms with E-state index in [-0.39, 0.29) is 0 Å². The first-order valence-electron chi connectivity index (χ1n) is 4.00. The Morgan fingerprint density at radius 2 is 2.00 bits per heavy atom. The molecule has 0 unspecified atom stereocenters. The molecule has 1 nitrogen and oxygen atoms in total. The van der Waals surface area contributed by atoms with Gasteiger partial charge in [-0.1, -0.05) is 0 Å². The van der Waals surface area contributed by atoms with Crippen molar-refractivity contribution in [2.24, 2.45) is 0 Å². The predicted octanol–water partition coefficient (Wildman–Crippen LogP) is 2.57. The van der Waals surface area contributed by atoms with Gasteiger partial charge in [0.05, 0.1) is 0 Å². The molecule has 0 bridgehead atoms. The van der Waals surface area contributed by atoms with Crippen molar-refractivity contribution < 1.29 is 28.1 Å². The summed E-state index contributed by atoms with van der Waals surface area (Å²) in [6, 6.07) is 8.37. The molecule has 0 aliphatic rings. The first-order chi connectivity index (χ1) is 5.88. The number of rotatable bonds is 4. The summed E-state index contributed by atoms with van der Waals surface area (Å²) in [7, 11) is 7.61. The van der Waals surface area contributed by atoms with E-state index in [1.165, 1.54) is 11.1 Å². The molecule has 0 fully saturated rings. The predicted molar refractivity (Wildman–Crippen MR) is 46.7 cm³/mol. The van der Waals surface area contributed by atoms with Crippen LogP contribution < -0.4 is 0 Å². The molecule has 1 aromatic carbocycles. The van der Waals surface area contributed by atoms with Crippen LogP contribution in [0.2, 0.25) is 0 Å². The van der Waals surface area contributed by atoms with E-state index >= 15 is 0 Å². The number of ether oxygens (including phenoxy) is 1. The molecule has 0 radical (unpaired) electrons. The van der Waals surface area contributed by atoms with E-state index in [2.05, 4.69) is 18.2 Å². The van der Waals surface area contributed by atoms with Crippen molar-refractivity contribution in [1.29, 1.82) is 0 Å². The zero-order valence-corrected chi connectivity index (χ0v) is 13.5. The molecule has 0 amide bonds. The van der Waals surface area contributed by atoms with Crippen LogP contribution in [0, 0.1) is 0 Å². The summed E-state index contributed by atoms with van der Waals surface area (Å²) in [5.41, 5.74) is 2.68. The van der Waals surface area contributed by atoms with Gasteiger partial charge in [-0.3, -0.25) is 0 Å². The van der Waals surface area contributed by atoms with Gasteiger partial charge >= 0.3 is 89.4 Å². The van der Waals surface area contributed by atoms with Gasteiger partial charge in [0.2, 0.25) is 0 Å². The Morgan fingerprint density at radius 1 is 1.33 bits per heavy atom. The number of methoxy groups -OCH3 is 1. The third-order valence-electron chi connectivity index (χ3n) is 1.78. The van der Waals surface area contributed by atoms with Crippen LogP contribution in [0.1, 0.15) is 11.1 Å². The molecule has 0 N–H and O–H groups in total. The zero-order chi connectivity index (χ0) is 8.81. The second-order valence-corrected chi connectivity index (χ2v) is 9.37. The van der Waals surface area contributed by atoms with Crippen molar-refractivity contribution in [3.05, 3.63) is 35.4 Å². The summed E-state index contributed by atoms with van der Waals surface area (Å²) in [5, 5.41) is 0. The maximum absolute atomic E-state index is 5.89. The van der Waals surface area contributed by atoms with Gasteiger partial charge in [-0.25, -0.2) is 0 Å². The molecule has 0 spiro atoms. The van der Waals surface area contributed by atoms with Gasteiger partial charge in [0.15, 0.2) is 0 Å². The van der Waals surface area contributed by atoms with E-state index < -0.39 is 23.3 Å². The fourth-order valence-electron chi connectivity index (χ4n) is 1.20. The van der Waals surface area contributed by atoms with Gasteiger partial charge in [-0.15, -0.1) is 0 Å². The van der Waals surface area contributed by atoms with Gasteiger partial charge in [0.1, 0.15) is 0 Å². The van der Waals surface area contributed by atoms with Gasteiger partial charge in [-0.05, 0) is 0 Å². The Balaban J connectivity index is 2.77. The summed E-state index contributed by atoms with van der Waals surface area (Å²) >= 11 is -1.05. The molecule has 0 saturated heterocycles. The van der Waals surface area contributed by atoms with Gasteiger partial charge < -0.3 is 0 Å². The molecule has 1 rings (SSSR count). The van der Waals surface area contributed by atoms with Crippen LogP contribution >= 0.6 is 8.25 Å². The Labute approximate surface area is 88.9 Å². The van der Waals surface area contributed by atoms with E-state index in [1.807, 2.05) is 6.07 Å². The Kier molecular flexibility index (Phi) is 5.20. The van der Waals surface area contributed by atoms with E-state index in [0.29, 0.717) is 6.61 Å². The van der Waals surface area contributed by atoms with Crippen LogP contribution in [0.3, 0.4) is 0 Å². The normalized spacial score (nSPS) is 9.50. The third kappa shape index (κ3) is 3.04. The molecule has 3 heteroatoms. The quantitative estimate of drug-likeness (QED) is 0.740. The summed E-state index contributed by atoms with van der Waals surface area (Å²) in [4.78, 5) is 0. The van der Waals surface area contributed by atoms with Gasteiger partial charge in [0, 0.05) is 0 Å². The summed E-state index contributed by atoms with van der Waals surface area (Å²) in [6.07, 6.45) is 0. The molecule has 0 atom stereocenters. The Bertz CT molecular complexity index is 215. The fraction of sp³-hybridized carbons (Fsp3) is 0.333. The number of hydrogen-bond donors (Lipinski definition) is 0. The molecule has 0 aliphatic heterocycles. The van der Waals surface area contributed by atoms with Crippen LogP contribution in [0.15, 0.2) is 24.3 Å². The summed E-state index contributed by atoms with van der Waals surface area (Å²) in [6.45, 7) is 0.709. The van der Waals surface area contributed by atoms with Gasteiger partial charge in [-0.2, -0.15) is 0 Å².